The highest BCUT2D eigenvalue weighted by Gasteiger charge is 2.31. The van der Waals surface area contributed by atoms with Gasteiger partial charge in [0.15, 0.2) is 11.5 Å². The smallest absolute Gasteiger partial charge is 0.306 e. The first kappa shape index (κ1) is 25.0. The summed E-state index contributed by atoms with van der Waals surface area (Å²) >= 11 is 0. The molecule has 1 aliphatic carbocycles. The minimum atomic E-state index is -3.80. The predicted molar refractivity (Wildman–Crippen MR) is 131 cm³/mol. The van der Waals surface area contributed by atoms with Crippen LogP contribution in [0.1, 0.15) is 46.1 Å². The molecular weight excluding hydrogens is 512 g/mol. The van der Waals surface area contributed by atoms with Crippen molar-refractivity contribution in [2.24, 2.45) is 0 Å². The number of carbonyl (C=O) groups is 1. The van der Waals surface area contributed by atoms with E-state index in [9.17, 15) is 13.2 Å². The summed E-state index contributed by atoms with van der Waals surface area (Å²) in [5, 5.41) is 8.51. The molecular formula is C22H27BrN4O5S. The molecule has 1 aliphatic heterocycles. The number of aromatic nitrogens is 1. The molecule has 0 bridgehead atoms. The Labute approximate surface area is 204 Å². The van der Waals surface area contributed by atoms with Crippen LogP contribution in [0.15, 0.2) is 24.3 Å². The van der Waals surface area contributed by atoms with Crippen LogP contribution in [0.25, 0.3) is 0 Å². The van der Waals surface area contributed by atoms with Crippen molar-refractivity contribution in [2.45, 2.75) is 25.3 Å². The van der Waals surface area contributed by atoms with Crippen LogP contribution in [0.5, 0.6) is 11.5 Å². The lowest BCUT2D eigenvalue weighted by molar-refractivity contribution is 0.0962. The van der Waals surface area contributed by atoms with Crippen molar-refractivity contribution in [1.29, 1.82) is 5.41 Å². The van der Waals surface area contributed by atoms with Gasteiger partial charge in [0.2, 0.25) is 5.75 Å². The van der Waals surface area contributed by atoms with E-state index in [0.29, 0.717) is 29.4 Å². The van der Waals surface area contributed by atoms with Crippen LogP contribution < -0.4 is 13.8 Å². The number of benzene rings is 1. The summed E-state index contributed by atoms with van der Waals surface area (Å²) in [6.45, 7) is 0.445. The van der Waals surface area contributed by atoms with E-state index in [4.69, 9.17) is 14.3 Å². The van der Waals surface area contributed by atoms with E-state index in [-0.39, 0.29) is 46.6 Å². The van der Waals surface area contributed by atoms with Crippen molar-refractivity contribution in [3.05, 3.63) is 46.8 Å². The Hall–Kier alpha value is -2.66. The molecule has 178 valence electrons. The van der Waals surface area contributed by atoms with Gasteiger partial charge >= 0.3 is 10.1 Å². The molecule has 2 aromatic rings. The molecule has 1 fully saturated rings. The zero-order chi connectivity index (χ0) is 23.2. The molecule has 2 heterocycles. The van der Waals surface area contributed by atoms with Crippen molar-refractivity contribution in [3.8, 4) is 11.5 Å². The lowest BCUT2D eigenvalue weighted by atomic mass is 10.1. The maximum absolute atomic E-state index is 13.1. The van der Waals surface area contributed by atoms with Crippen LogP contribution in [0, 0.1) is 5.41 Å². The van der Waals surface area contributed by atoms with E-state index in [1.807, 2.05) is 12.1 Å². The Bertz CT molecular complexity index is 1210. The number of hydrogen-bond acceptors (Lipinski definition) is 8. The van der Waals surface area contributed by atoms with Gasteiger partial charge in [-0.25, -0.2) is 4.98 Å². The van der Waals surface area contributed by atoms with E-state index in [1.54, 1.807) is 30.0 Å². The topological polar surface area (TPSA) is 113 Å². The highest BCUT2D eigenvalue weighted by atomic mass is 79.9. The molecule has 1 saturated carbocycles. The second-order valence-corrected chi connectivity index (χ2v) is 9.93. The summed E-state index contributed by atoms with van der Waals surface area (Å²) in [6.07, 6.45) is 3.22. The van der Waals surface area contributed by atoms with Crippen LogP contribution in [-0.4, -0.2) is 63.9 Å². The number of fused-ring (bicyclic) bond motifs is 1. The molecule has 11 heteroatoms. The van der Waals surface area contributed by atoms with Gasteiger partial charge in [0, 0.05) is 43.4 Å². The maximum atomic E-state index is 13.1. The summed E-state index contributed by atoms with van der Waals surface area (Å²) in [6, 6.07) is 7.05. The number of methoxy groups -OCH3 is 1. The molecule has 0 saturated heterocycles. The number of rotatable bonds is 8. The number of nitrogens with one attached hydrogen (secondary N) is 1. The number of ketones is 1. The average Bonchev–Trinajstić information content (AvgIpc) is 3.52. The number of nitrogens with zero attached hydrogens (tertiary/aromatic N) is 3. The maximum Gasteiger partial charge on any atom is 0.306 e. The van der Waals surface area contributed by atoms with E-state index in [0.717, 1.165) is 30.4 Å². The van der Waals surface area contributed by atoms with Crippen LogP contribution in [0.4, 0.5) is 5.69 Å². The van der Waals surface area contributed by atoms with Gasteiger partial charge in [-0.05, 0) is 31.0 Å². The lowest BCUT2D eigenvalue weighted by Gasteiger charge is -2.21. The molecule has 0 amide bonds. The first-order valence-electron chi connectivity index (χ1n) is 10.2. The number of ether oxygens (including phenoxy) is 1. The molecule has 0 unspecified atom stereocenters. The quantitative estimate of drug-likeness (QED) is 0.403. The molecule has 0 radical (unpaired) electrons. The van der Waals surface area contributed by atoms with Crippen molar-refractivity contribution in [3.63, 3.8) is 0 Å². The van der Waals surface area contributed by atoms with Crippen LogP contribution in [0.2, 0.25) is 0 Å². The fourth-order valence-electron chi connectivity index (χ4n) is 3.74. The SMILES string of the molecule is Br.COc1cc(C(=O)CN2Cc3ccc(C4CC4)nc3C2=N)cc(N(C)C)c1OS(C)(=O)=O. The molecule has 9 nitrogen and oxygen atoms in total. The summed E-state index contributed by atoms with van der Waals surface area (Å²) in [5.74, 6) is 0.675. The Kier molecular flexibility index (Phi) is 7.04. The molecule has 1 N–H and O–H groups in total. The second kappa shape index (κ2) is 9.30. The van der Waals surface area contributed by atoms with Crippen molar-refractivity contribution >= 4 is 44.4 Å². The fourth-order valence-corrected chi connectivity index (χ4v) is 4.21. The predicted octanol–water partition coefficient (Wildman–Crippen LogP) is 2.97. The monoisotopic (exact) mass is 538 g/mol. The molecule has 1 aromatic heterocycles. The number of halogens is 1. The molecule has 0 spiro atoms. The van der Waals surface area contributed by atoms with Crippen LogP contribution in [-0.2, 0) is 16.7 Å². The number of anilines is 1. The van der Waals surface area contributed by atoms with Gasteiger partial charge in [0.05, 0.1) is 25.6 Å². The largest absolute Gasteiger partial charge is 0.493 e. The van der Waals surface area contributed by atoms with Crippen molar-refractivity contribution in [2.75, 3.05) is 38.9 Å². The minimum Gasteiger partial charge on any atom is -0.493 e. The average molecular weight is 539 g/mol. The molecule has 33 heavy (non-hydrogen) atoms. The summed E-state index contributed by atoms with van der Waals surface area (Å²) in [4.78, 5) is 21.1. The van der Waals surface area contributed by atoms with E-state index < -0.39 is 10.1 Å². The number of Topliss-reactive ketones (excluding diaryl/α,β-unsaturated/α-hetero) is 1. The standard InChI is InChI=1S/C22H26N4O5S.BrH/c1-25(2)17-9-15(10-19(30-3)21(17)31-32(4,28)29)18(27)12-26-11-14-7-8-16(13-5-6-13)24-20(14)22(26)23;/h7-10,13,23H,5-6,11-12H2,1-4H3;1H. The third-order valence-corrected chi connectivity index (χ3v) is 6.00. The van der Waals surface area contributed by atoms with Crippen LogP contribution in [0.3, 0.4) is 0 Å². The second-order valence-electron chi connectivity index (χ2n) is 8.35. The zero-order valence-corrected chi connectivity index (χ0v) is 21.4. The lowest BCUT2D eigenvalue weighted by Crippen LogP contribution is -2.30. The van der Waals surface area contributed by atoms with Gasteiger partial charge in [-0.2, -0.15) is 8.42 Å². The van der Waals surface area contributed by atoms with Gasteiger partial charge in [-0.15, -0.1) is 17.0 Å². The number of carbonyl (C=O) groups excluding carboxylic acids is 1. The summed E-state index contributed by atoms with van der Waals surface area (Å²) in [5.41, 5.74) is 3.33. The highest BCUT2D eigenvalue weighted by molar-refractivity contribution is 8.93. The summed E-state index contributed by atoms with van der Waals surface area (Å²) in [7, 11) is 1.02. The Morgan fingerprint density at radius 2 is 1.97 bits per heavy atom. The van der Waals surface area contributed by atoms with Gasteiger partial charge in [0.1, 0.15) is 11.5 Å². The Morgan fingerprint density at radius 3 is 2.55 bits per heavy atom. The molecule has 0 atom stereocenters. The number of hydrogen-bond donors (Lipinski definition) is 1. The molecule has 2 aliphatic rings. The Morgan fingerprint density at radius 1 is 1.27 bits per heavy atom. The van der Waals surface area contributed by atoms with Gasteiger partial charge in [-0.3, -0.25) is 10.2 Å². The van der Waals surface area contributed by atoms with Crippen molar-refractivity contribution < 1.29 is 22.1 Å². The van der Waals surface area contributed by atoms with Gasteiger partial charge in [-0.1, -0.05) is 6.07 Å². The minimum absolute atomic E-state index is 0. The third kappa shape index (κ3) is 5.30. The van der Waals surface area contributed by atoms with E-state index >= 15 is 0 Å². The number of amidine groups is 1. The molecule has 1 aromatic carbocycles. The third-order valence-electron chi connectivity index (χ3n) is 5.53. The zero-order valence-electron chi connectivity index (χ0n) is 18.9. The van der Waals surface area contributed by atoms with E-state index in [1.165, 1.54) is 13.2 Å². The summed E-state index contributed by atoms with van der Waals surface area (Å²) < 4.78 is 33.9. The first-order chi connectivity index (χ1) is 15.1. The fraction of sp³-hybridized carbons (Fsp3) is 0.409. The van der Waals surface area contributed by atoms with Crippen molar-refractivity contribution in [1.82, 2.24) is 9.88 Å². The first-order valence-corrected chi connectivity index (χ1v) is 12.0. The van der Waals surface area contributed by atoms with E-state index in [2.05, 4.69) is 4.98 Å². The Balaban J connectivity index is 0.00000306. The van der Waals surface area contributed by atoms with Gasteiger partial charge in [0.25, 0.3) is 0 Å². The van der Waals surface area contributed by atoms with Crippen LogP contribution >= 0.6 is 17.0 Å². The molecule has 4 rings (SSSR count). The van der Waals surface area contributed by atoms with Gasteiger partial charge < -0.3 is 18.7 Å². The number of pyridine rings is 1. The highest BCUT2D eigenvalue weighted by Crippen LogP contribution is 2.41. The normalized spacial score (nSPS) is 15.0.